The molecule has 2 aromatic carbocycles. The van der Waals surface area contributed by atoms with Crippen LogP contribution in [0.25, 0.3) is 0 Å². The van der Waals surface area contributed by atoms with E-state index in [1.165, 1.54) is 18.2 Å². The third kappa shape index (κ3) is 4.42. The van der Waals surface area contributed by atoms with E-state index in [9.17, 15) is 23.1 Å². The van der Waals surface area contributed by atoms with Crippen LogP contribution in [0.5, 0.6) is 5.75 Å². The van der Waals surface area contributed by atoms with Crippen molar-refractivity contribution >= 4 is 17.4 Å². The van der Waals surface area contributed by atoms with Crippen LogP contribution < -0.4 is 4.74 Å². The maximum absolute atomic E-state index is 13.8. The van der Waals surface area contributed by atoms with E-state index in [2.05, 4.69) is 4.99 Å². The minimum Gasteiger partial charge on any atom is -0.491 e. The van der Waals surface area contributed by atoms with Crippen LogP contribution in [0.1, 0.15) is 40.9 Å². The van der Waals surface area contributed by atoms with E-state index >= 15 is 0 Å². The number of ether oxygens (including phenoxy) is 3. The summed E-state index contributed by atoms with van der Waals surface area (Å²) in [5.41, 5.74) is -0.102. The molecule has 2 aliphatic rings. The van der Waals surface area contributed by atoms with Crippen LogP contribution in [0.2, 0.25) is 0 Å². The Morgan fingerprint density at radius 3 is 2.71 bits per heavy atom. The minimum atomic E-state index is -4.64. The third-order valence-electron chi connectivity index (χ3n) is 5.07. The molecule has 1 N–H and O–H groups in total. The molecule has 164 valence electrons. The molecule has 0 spiro atoms. The highest BCUT2D eigenvalue weighted by Gasteiger charge is 2.37. The van der Waals surface area contributed by atoms with Crippen LogP contribution in [0.3, 0.4) is 0 Å². The lowest BCUT2D eigenvalue weighted by Crippen LogP contribution is -2.25. The molecule has 0 amide bonds. The SMILES string of the molecule is CC1(C)OC[C@H](COc2ccc(C3=Nc4c(cccc4C(=O)O)C3)c(C(F)(F)F)c2)O1. The second-order valence-corrected chi connectivity index (χ2v) is 7.82. The van der Waals surface area contributed by atoms with Crippen LogP contribution in [-0.4, -0.2) is 41.9 Å². The molecule has 1 atom stereocenters. The summed E-state index contributed by atoms with van der Waals surface area (Å²) in [4.78, 5) is 15.6. The number of hydrogen-bond donors (Lipinski definition) is 1. The highest BCUT2D eigenvalue weighted by Crippen LogP contribution is 2.39. The van der Waals surface area contributed by atoms with Crippen molar-refractivity contribution in [2.45, 2.75) is 38.3 Å². The monoisotopic (exact) mass is 435 g/mol. The number of para-hydroxylation sites is 1. The number of benzene rings is 2. The van der Waals surface area contributed by atoms with Gasteiger partial charge in [-0.15, -0.1) is 0 Å². The second kappa shape index (κ2) is 7.65. The molecule has 0 aliphatic carbocycles. The topological polar surface area (TPSA) is 77.4 Å². The molecule has 0 bridgehead atoms. The zero-order chi connectivity index (χ0) is 22.4. The van der Waals surface area contributed by atoms with Gasteiger partial charge in [-0.3, -0.25) is 4.99 Å². The third-order valence-corrected chi connectivity index (χ3v) is 5.07. The number of rotatable bonds is 5. The number of carbonyl (C=O) groups is 1. The summed E-state index contributed by atoms with van der Waals surface area (Å²) in [7, 11) is 0. The molecule has 1 fully saturated rings. The zero-order valence-electron chi connectivity index (χ0n) is 16.8. The van der Waals surface area contributed by atoms with Crippen LogP contribution >= 0.6 is 0 Å². The number of alkyl halides is 3. The first-order chi connectivity index (χ1) is 14.5. The van der Waals surface area contributed by atoms with Crippen molar-refractivity contribution in [3.63, 3.8) is 0 Å². The lowest BCUT2D eigenvalue weighted by molar-refractivity contribution is -0.141. The van der Waals surface area contributed by atoms with Gasteiger partial charge in [-0.25, -0.2) is 4.79 Å². The molecular weight excluding hydrogens is 415 g/mol. The Kier molecular flexibility index (Phi) is 5.26. The molecule has 0 radical (unpaired) electrons. The lowest BCUT2D eigenvalue weighted by Gasteiger charge is -2.18. The number of aromatic carboxylic acids is 1. The standard InChI is InChI=1S/C22H20F3NO5/c1-21(2)30-11-14(31-21)10-29-13-6-7-15(17(9-13)22(23,24)25)18-8-12-4-3-5-16(20(27)28)19(12)26-18/h3-7,9,14H,8,10-11H2,1-2H3,(H,27,28)/t14-/m0/s1. The van der Waals surface area contributed by atoms with Gasteiger partial charge in [0, 0.05) is 12.0 Å². The summed E-state index contributed by atoms with van der Waals surface area (Å²) in [5, 5.41) is 9.32. The number of hydrogen-bond acceptors (Lipinski definition) is 5. The fourth-order valence-corrected chi connectivity index (χ4v) is 3.68. The van der Waals surface area contributed by atoms with Crippen molar-refractivity contribution in [1.82, 2.24) is 0 Å². The van der Waals surface area contributed by atoms with Gasteiger partial charge < -0.3 is 19.3 Å². The first-order valence-corrected chi connectivity index (χ1v) is 9.62. The smallest absolute Gasteiger partial charge is 0.417 e. The lowest BCUT2D eigenvalue weighted by atomic mass is 9.98. The van der Waals surface area contributed by atoms with E-state index in [1.54, 1.807) is 26.0 Å². The first-order valence-electron chi connectivity index (χ1n) is 9.62. The van der Waals surface area contributed by atoms with E-state index in [0.717, 1.165) is 6.07 Å². The van der Waals surface area contributed by atoms with Gasteiger partial charge in [0.1, 0.15) is 18.5 Å². The minimum absolute atomic E-state index is 0.0391. The number of nitrogens with zero attached hydrogens (tertiary/aromatic N) is 1. The number of halogens is 3. The van der Waals surface area contributed by atoms with E-state index in [1.807, 2.05) is 0 Å². The Morgan fingerprint density at radius 2 is 2.06 bits per heavy atom. The van der Waals surface area contributed by atoms with Gasteiger partial charge in [0.05, 0.1) is 29.1 Å². The molecule has 2 heterocycles. The molecule has 0 aromatic heterocycles. The van der Waals surface area contributed by atoms with Crippen LogP contribution in [0.4, 0.5) is 18.9 Å². The summed E-state index contributed by atoms with van der Waals surface area (Å²) in [5.74, 6) is -1.88. The molecule has 4 rings (SSSR count). The quantitative estimate of drug-likeness (QED) is 0.742. The molecule has 2 aromatic rings. The highest BCUT2D eigenvalue weighted by molar-refractivity contribution is 6.10. The summed E-state index contributed by atoms with van der Waals surface area (Å²) >= 11 is 0. The van der Waals surface area contributed by atoms with Gasteiger partial charge in [0.2, 0.25) is 0 Å². The van der Waals surface area contributed by atoms with Gasteiger partial charge in [-0.2, -0.15) is 13.2 Å². The van der Waals surface area contributed by atoms with Gasteiger partial charge in [0.25, 0.3) is 0 Å². The summed E-state index contributed by atoms with van der Waals surface area (Å²) < 4.78 is 58.0. The Hall–Kier alpha value is -2.91. The Balaban J connectivity index is 1.61. The highest BCUT2D eigenvalue weighted by atomic mass is 19.4. The number of fused-ring (bicyclic) bond motifs is 1. The van der Waals surface area contributed by atoms with Crippen molar-refractivity contribution in [2.75, 3.05) is 13.2 Å². The van der Waals surface area contributed by atoms with Crippen LogP contribution in [0, 0.1) is 0 Å². The molecule has 1 saturated heterocycles. The predicted octanol–water partition coefficient (Wildman–Crippen LogP) is 4.61. The van der Waals surface area contributed by atoms with Crippen molar-refractivity contribution in [1.29, 1.82) is 0 Å². The predicted molar refractivity (Wildman–Crippen MR) is 105 cm³/mol. The molecular formula is C22H20F3NO5. The summed E-state index contributed by atoms with van der Waals surface area (Å²) in [6, 6.07) is 8.27. The van der Waals surface area contributed by atoms with Gasteiger partial charge in [-0.1, -0.05) is 12.1 Å². The average Bonchev–Trinajstić information content (AvgIpc) is 3.27. The fraction of sp³-hybridized carbons (Fsp3) is 0.364. The molecule has 31 heavy (non-hydrogen) atoms. The second-order valence-electron chi connectivity index (χ2n) is 7.82. The molecule has 2 aliphatic heterocycles. The molecule has 0 saturated carbocycles. The van der Waals surface area contributed by atoms with Crippen molar-refractivity contribution in [3.05, 3.63) is 58.7 Å². The van der Waals surface area contributed by atoms with Crippen LogP contribution in [-0.2, 0) is 22.1 Å². The molecule has 9 heteroatoms. The van der Waals surface area contributed by atoms with Crippen LogP contribution in [0.15, 0.2) is 41.4 Å². The van der Waals surface area contributed by atoms with Gasteiger partial charge >= 0.3 is 12.1 Å². The molecule has 0 unspecified atom stereocenters. The van der Waals surface area contributed by atoms with E-state index < -0.39 is 23.5 Å². The maximum Gasteiger partial charge on any atom is 0.417 e. The van der Waals surface area contributed by atoms with Crippen molar-refractivity contribution in [3.8, 4) is 5.75 Å². The Labute approximate surface area is 176 Å². The summed E-state index contributed by atoms with van der Waals surface area (Å²) in [6.45, 7) is 3.84. The normalized spacial score (nSPS) is 19.8. The Morgan fingerprint density at radius 1 is 1.29 bits per heavy atom. The average molecular weight is 435 g/mol. The van der Waals surface area contributed by atoms with E-state index in [4.69, 9.17) is 14.2 Å². The van der Waals surface area contributed by atoms with Crippen molar-refractivity contribution in [2.24, 2.45) is 4.99 Å². The Bertz CT molecular complexity index is 1060. The van der Waals surface area contributed by atoms with E-state index in [-0.39, 0.29) is 54.0 Å². The first kappa shape index (κ1) is 21.3. The number of carboxylic acid groups (broad SMARTS) is 1. The van der Waals surface area contributed by atoms with Crippen molar-refractivity contribution < 1.29 is 37.3 Å². The zero-order valence-corrected chi connectivity index (χ0v) is 16.8. The summed E-state index contributed by atoms with van der Waals surface area (Å²) in [6.07, 6.45) is -4.91. The molecule has 6 nitrogen and oxygen atoms in total. The van der Waals surface area contributed by atoms with Gasteiger partial charge in [-0.05, 0) is 43.7 Å². The maximum atomic E-state index is 13.8. The fourth-order valence-electron chi connectivity index (χ4n) is 3.68. The van der Waals surface area contributed by atoms with E-state index in [0.29, 0.717) is 5.56 Å². The largest absolute Gasteiger partial charge is 0.491 e. The number of aliphatic imine (C=N–C) groups is 1. The number of carboxylic acids is 1. The van der Waals surface area contributed by atoms with Gasteiger partial charge in [0.15, 0.2) is 5.79 Å².